The second-order valence-corrected chi connectivity index (χ2v) is 8.15. The number of aldehydes is 1. The van der Waals surface area contributed by atoms with Gasteiger partial charge in [0.1, 0.15) is 11.8 Å². The summed E-state index contributed by atoms with van der Waals surface area (Å²) < 4.78 is 40.3. The first-order valence-corrected chi connectivity index (χ1v) is 10.5. The minimum Gasteiger partial charge on any atom is -0.322 e. The van der Waals surface area contributed by atoms with Gasteiger partial charge in [0, 0.05) is 25.0 Å². The Hall–Kier alpha value is -2.96. The molecule has 1 N–H and O–H groups in total. The van der Waals surface area contributed by atoms with Crippen LogP contribution in [0.25, 0.3) is 0 Å². The van der Waals surface area contributed by atoms with Crippen LogP contribution in [0.1, 0.15) is 36.0 Å². The average molecular weight is 461 g/mol. The van der Waals surface area contributed by atoms with Crippen molar-refractivity contribution in [3.8, 4) is 6.07 Å². The summed E-state index contributed by atoms with van der Waals surface area (Å²) in [6, 6.07) is 12.6. The van der Waals surface area contributed by atoms with E-state index < -0.39 is 22.8 Å². The molecule has 1 aliphatic rings. The summed E-state index contributed by atoms with van der Waals surface area (Å²) in [5.41, 5.74) is -0.400. The Bertz CT molecular complexity index is 1040. The maximum Gasteiger partial charge on any atom is 0.417 e. The maximum atomic E-state index is 13.4. The molecular weight excluding hydrogens is 437 g/mol. The highest BCUT2D eigenvalue weighted by atomic mass is 32.1. The molecule has 0 atom stereocenters. The monoisotopic (exact) mass is 460 g/mol. The number of anilines is 2. The fourth-order valence-corrected chi connectivity index (χ4v) is 4.18. The number of alkyl halides is 3. The number of carbonyl (C=O) groups excluding carboxylic acids is 1. The molecule has 3 rings (SSSR count). The molecule has 2 aromatic rings. The molecule has 2 aromatic carbocycles. The molecule has 0 radical (unpaired) electrons. The van der Waals surface area contributed by atoms with Gasteiger partial charge in [-0.1, -0.05) is 12.1 Å². The highest BCUT2D eigenvalue weighted by molar-refractivity contribution is 7.80. The van der Waals surface area contributed by atoms with Crippen LogP contribution in [0.15, 0.2) is 42.5 Å². The first-order chi connectivity index (χ1) is 15.2. The molecule has 0 amide bonds. The lowest BCUT2D eigenvalue weighted by molar-refractivity contribution is -0.137. The molecule has 5 nitrogen and oxygen atoms in total. The van der Waals surface area contributed by atoms with E-state index in [1.165, 1.54) is 11.0 Å². The molecule has 1 aliphatic carbocycles. The molecular formula is C23H23F3N4OS. The SMILES string of the molecule is CNCc1ccc(N(C(=S)N(C)c2ccc(C#N)c(C(F)(F)F)c2)C2(C=O)CCC2)cc1. The summed E-state index contributed by atoms with van der Waals surface area (Å²) in [5.74, 6) is 0. The van der Waals surface area contributed by atoms with E-state index in [0.29, 0.717) is 25.1 Å². The van der Waals surface area contributed by atoms with Crippen molar-refractivity contribution in [1.29, 1.82) is 5.26 Å². The van der Waals surface area contributed by atoms with Gasteiger partial charge in [0.2, 0.25) is 0 Å². The van der Waals surface area contributed by atoms with Gasteiger partial charge in [-0.2, -0.15) is 18.4 Å². The van der Waals surface area contributed by atoms with E-state index in [2.05, 4.69) is 5.32 Å². The fraction of sp³-hybridized carbons (Fsp3) is 0.348. The molecule has 0 saturated heterocycles. The van der Waals surface area contributed by atoms with Crippen molar-refractivity contribution in [1.82, 2.24) is 5.32 Å². The van der Waals surface area contributed by atoms with E-state index in [4.69, 9.17) is 17.5 Å². The predicted octanol–water partition coefficient (Wildman–Crippen LogP) is 4.65. The van der Waals surface area contributed by atoms with Crippen molar-refractivity contribution in [2.45, 2.75) is 37.5 Å². The number of carbonyl (C=O) groups is 1. The van der Waals surface area contributed by atoms with Crippen molar-refractivity contribution >= 4 is 35.0 Å². The number of benzene rings is 2. The zero-order valence-electron chi connectivity index (χ0n) is 17.7. The average Bonchev–Trinajstić information content (AvgIpc) is 2.75. The van der Waals surface area contributed by atoms with Crippen LogP contribution in [0.5, 0.6) is 0 Å². The third kappa shape index (κ3) is 4.47. The lowest BCUT2D eigenvalue weighted by atomic mass is 9.76. The van der Waals surface area contributed by atoms with Crippen LogP contribution in [-0.2, 0) is 17.5 Å². The number of hydrogen-bond acceptors (Lipinski definition) is 4. The minimum atomic E-state index is -4.68. The topological polar surface area (TPSA) is 59.4 Å². The second kappa shape index (κ2) is 9.27. The number of rotatable bonds is 6. The second-order valence-electron chi connectivity index (χ2n) is 7.79. The van der Waals surface area contributed by atoms with Crippen molar-refractivity contribution < 1.29 is 18.0 Å². The minimum absolute atomic E-state index is 0.179. The number of hydrogen-bond donors (Lipinski definition) is 1. The number of thiocarbonyl (C=S) groups is 1. The molecule has 0 aliphatic heterocycles. The van der Waals surface area contributed by atoms with Gasteiger partial charge in [-0.15, -0.1) is 0 Å². The van der Waals surface area contributed by atoms with Crippen LogP contribution in [0, 0.1) is 11.3 Å². The maximum absolute atomic E-state index is 13.4. The highest BCUT2D eigenvalue weighted by Gasteiger charge is 2.45. The number of nitrogens with zero attached hydrogens (tertiary/aromatic N) is 3. The summed E-state index contributed by atoms with van der Waals surface area (Å²) in [6.45, 7) is 0.676. The zero-order valence-corrected chi connectivity index (χ0v) is 18.6. The first-order valence-electron chi connectivity index (χ1n) is 10.1. The van der Waals surface area contributed by atoms with E-state index in [0.717, 1.165) is 30.4 Å². The Balaban J connectivity index is 2.02. The molecule has 0 unspecified atom stereocenters. The molecule has 1 fully saturated rings. The van der Waals surface area contributed by atoms with Gasteiger partial charge in [0.25, 0.3) is 0 Å². The van der Waals surface area contributed by atoms with Crippen LogP contribution < -0.4 is 15.1 Å². The number of halogens is 3. The number of nitrogens with one attached hydrogen (secondary N) is 1. The molecule has 0 spiro atoms. The van der Waals surface area contributed by atoms with Gasteiger partial charge in [-0.25, -0.2) is 0 Å². The molecule has 0 heterocycles. The van der Waals surface area contributed by atoms with E-state index in [1.54, 1.807) is 18.0 Å². The molecule has 9 heteroatoms. The lowest BCUT2D eigenvalue weighted by Gasteiger charge is -2.49. The van der Waals surface area contributed by atoms with Crippen molar-refractivity contribution in [2.75, 3.05) is 23.9 Å². The normalized spacial score (nSPS) is 14.8. The summed E-state index contributed by atoms with van der Waals surface area (Å²) in [4.78, 5) is 15.3. The Kier molecular flexibility index (Phi) is 6.86. The van der Waals surface area contributed by atoms with E-state index in [-0.39, 0.29) is 10.8 Å². The van der Waals surface area contributed by atoms with Gasteiger partial charge in [-0.3, -0.25) is 0 Å². The van der Waals surface area contributed by atoms with Gasteiger partial charge < -0.3 is 19.9 Å². The molecule has 0 aromatic heterocycles. The fourth-order valence-electron chi connectivity index (χ4n) is 3.79. The third-order valence-corrected chi connectivity index (χ3v) is 6.21. The van der Waals surface area contributed by atoms with E-state index in [1.807, 2.05) is 31.3 Å². The summed E-state index contributed by atoms with van der Waals surface area (Å²) >= 11 is 5.69. The van der Waals surface area contributed by atoms with Crippen molar-refractivity contribution in [3.05, 3.63) is 59.2 Å². The van der Waals surface area contributed by atoms with Crippen LogP contribution in [0.4, 0.5) is 24.5 Å². The van der Waals surface area contributed by atoms with E-state index >= 15 is 0 Å². The van der Waals surface area contributed by atoms with E-state index in [9.17, 15) is 18.0 Å². The Morgan fingerprint density at radius 3 is 2.31 bits per heavy atom. The van der Waals surface area contributed by atoms with Gasteiger partial charge in [0.05, 0.1) is 17.2 Å². The standard InChI is InChI=1S/C23H23F3N4OS/c1-28-14-16-4-7-18(8-5-16)30(22(15-31)10-3-11-22)21(32)29(2)19-9-6-17(13-27)20(12-19)23(24,25)26/h4-9,12,15,28H,3,10-11,14H2,1-2H3. The third-order valence-electron chi connectivity index (χ3n) is 5.75. The van der Waals surface area contributed by atoms with Crippen LogP contribution in [-0.4, -0.2) is 31.0 Å². The molecule has 32 heavy (non-hydrogen) atoms. The van der Waals surface area contributed by atoms with Crippen LogP contribution >= 0.6 is 12.2 Å². The quantitative estimate of drug-likeness (QED) is 0.501. The molecule has 1 saturated carbocycles. The summed E-state index contributed by atoms with van der Waals surface area (Å²) in [6.07, 6.45) is -1.75. The molecule has 0 bridgehead atoms. The highest BCUT2D eigenvalue weighted by Crippen LogP contribution is 2.41. The molecule has 168 valence electrons. The smallest absolute Gasteiger partial charge is 0.322 e. The largest absolute Gasteiger partial charge is 0.417 e. The van der Waals surface area contributed by atoms with Gasteiger partial charge in [0.15, 0.2) is 5.11 Å². The first kappa shape index (κ1) is 23.7. The Morgan fingerprint density at radius 2 is 1.84 bits per heavy atom. The van der Waals surface area contributed by atoms with Crippen LogP contribution in [0.3, 0.4) is 0 Å². The summed E-state index contributed by atoms with van der Waals surface area (Å²) in [5, 5.41) is 12.3. The van der Waals surface area contributed by atoms with Crippen LogP contribution in [0.2, 0.25) is 0 Å². The lowest BCUT2D eigenvalue weighted by Crippen LogP contribution is -2.60. The predicted molar refractivity (Wildman–Crippen MR) is 121 cm³/mol. The zero-order chi connectivity index (χ0) is 23.5. The Morgan fingerprint density at radius 1 is 1.22 bits per heavy atom. The number of nitriles is 1. The van der Waals surface area contributed by atoms with Crippen molar-refractivity contribution in [3.63, 3.8) is 0 Å². The van der Waals surface area contributed by atoms with Crippen molar-refractivity contribution in [2.24, 2.45) is 0 Å². The summed E-state index contributed by atoms with van der Waals surface area (Å²) in [7, 11) is 3.40. The van der Waals surface area contributed by atoms with Gasteiger partial charge >= 0.3 is 6.18 Å². The Labute approximate surface area is 190 Å². The van der Waals surface area contributed by atoms with Gasteiger partial charge in [-0.05, 0) is 74.4 Å².